The quantitative estimate of drug-likeness (QED) is 0.429. The van der Waals surface area contributed by atoms with Gasteiger partial charge in [-0.2, -0.15) is 4.31 Å². The number of carbonyl (C=O) groups excluding carboxylic acids is 2. The van der Waals surface area contributed by atoms with Gasteiger partial charge in [-0.05, 0) is 55.3 Å². The van der Waals surface area contributed by atoms with E-state index in [2.05, 4.69) is 5.32 Å². The van der Waals surface area contributed by atoms with Gasteiger partial charge in [-0.3, -0.25) is 4.79 Å². The SMILES string of the molecule is CCN(CC)S(=O)(=O)c1ccc(C(=O)O[C@H](C(=O)Nc2cc(C)ccc2C)c2ccccc2)cc1. The molecule has 0 heterocycles. The number of carbonyl (C=O) groups is 2. The Labute approximate surface area is 206 Å². The molecule has 0 spiro atoms. The summed E-state index contributed by atoms with van der Waals surface area (Å²) in [5.41, 5.74) is 3.16. The van der Waals surface area contributed by atoms with Crippen LogP contribution in [0.2, 0.25) is 0 Å². The number of hydrogen-bond donors (Lipinski definition) is 1. The van der Waals surface area contributed by atoms with Crippen molar-refractivity contribution in [2.45, 2.75) is 38.7 Å². The lowest BCUT2D eigenvalue weighted by Gasteiger charge is -2.20. The van der Waals surface area contributed by atoms with E-state index in [1.807, 2.05) is 32.0 Å². The number of ether oxygens (including phenoxy) is 1. The molecule has 0 aliphatic heterocycles. The molecule has 0 saturated heterocycles. The van der Waals surface area contributed by atoms with Gasteiger partial charge in [-0.1, -0.05) is 56.3 Å². The molecule has 7 nitrogen and oxygen atoms in total. The van der Waals surface area contributed by atoms with E-state index >= 15 is 0 Å². The van der Waals surface area contributed by atoms with Crippen LogP contribution in [0.25, 0.3) is 0 Å². The molecule has 0 aliphatic carbocycles. The van der Waals surface area contributed by atoms with Gasteiger partial charge in [0.1, 0.15) is 0 Å². The van der Waals surface area contributed by atoms with Crippen LogP contribution in [0.15, 0.2) is 77.7 Å². The van der Waals surface area contributed by atoms with Crippen LogP contribution in [0.4, 0.5) is 5.69 Å². The number of aryl methyl sites for hydroxylation is 2. The van der Waals surface area contributed by atoms with Gasteiger partial charge in [-0.25, -0.2) is 13.2 Å². The monoisotopic (exact) mass is 494 g/mol. The maximum Gasteiger partial charge on any atom is 0.339 e. The van der Waals surface area contributed by atoms with Gasteiger partial charge in [0.2, 0.25) is 16.1 Å². The van der Waals surface area contributed by atoms with Crippen molar-refractivity contribution in [3.8, 4) is 0 Å². The van der Waals surface area contributed by atoms with Crippen molar-refractivity contribution in [3.63, 3.8) is 0 Å². The van der Waals surface area contributed by atoms with E-state index in [1.54, 1.807) is 44.2 Å². The van der Waals surface area contributed by atoms with Gasteiger partial charge in [0.25, 0.3) is 5.91 Å². The summed E-state index contributed by atoms with van der Waals surface area (Å²) in [7, 11) is -3.65. The van der Waals surface area contributed by atoms with Gasteiger partial charge >= 0.3 is 5.97 Å². The molecule has 0 unspecified atom stereocenters. The third-order valence-electron chi connectivity index (χ3n) is 5.65. The minimum Gasteiger partial charge on any atom is -0.444 e. The van der Waals surface area contributed by atoms with Crippen molar-refractivity contribution in [3.05, 3.63) is 95.1 Å². The Kier molecular flexibility index (Phi) is 8.43. The maximum absolute atomic E-state index is 13.2. The number of rotatable bonds is 9. The Morgan fingerprint density at radius 2 is 1.54 bits per heavy atom. The highest BCUT2D eigenvalue weighted by molar-refractivity contribution is 7.89. The second-order valence-electron chi connectivity index (χ2n) is 8.12. The molecular formula is C27H30N2O5S. The minimum absolute atomic E-state index is 0.0880. The Morgan fingerprint density at radius 1 is 0.914 bits per heavy atom. The highest BCUT2D eigenvalue weighted by atomic mass is 32.2. The molecule has 3 aromatic rings. The summed E-state index contributed by atoms with van der Waals surface area (Å²) in [6.07, 6.45) is -1.19. The standard InChI is InChI=1S/C27H30N2O5S/c1-5-29(6-2)35(32,33)23-16-14-22(15-17-23)27(31)34-25(21-10-8-7-9-11-21)26(30)28-24-18-19(3)12-13-20(24)4/h7-18,25H,5-6H2,1-4H3,(H,28,30)/t25-/m0/s1. The zero-order valence-corrected chi connectivity index (χ0v) is 21.1. The third kappa shape index (κ3) is 6.15. The highest BCUT2D eigenvalue weighted by Gasteiger charge is 2.27. The summed E-state index contributed by atoms with van der Waals surface area (Å²) < 4.78 is 32.4. The molecule has 1 atom stereocenters. The molecule has 1 amide bonds. The number of nitrogens with one attached hydrogen (secondary N) is 1. The fourth-order valence-corrected chi connectivity index (χ4v) is 5.08. The molecule has 0 radical (unpaired) electrons. The summed E-state index contributed by atoms with van der Waals surface area (Å²) in [5.74, 6) is -1.22. The zero-order chi connectivity index (χ0) is 25.6. The lowest BCUT2D eigenvalue weighted by molar-refractivity contribution is -0.125. The van der Waals surface area contributed by atoms with Crippen LogP contribution < -0.4 is 5.32 Å². The van der Waals surface area contributed by atoms with E-state index in [0.717, 1.165) is 11.1 Å². The average molecular weight is 495 g/mol. The number of anilines is 1. The van der Waals surface area contributed by atoms with Gasteiger partial charge in [0, 0.05) is 24.3 Å². The predicted molar refractivity (Wildman–Crippen MR) is 136 cm³/mol. The van der Waals surface area contributed by atoms with Crippen LogP contribution in [-0.2, 0) is 19.6 Å². The lowest BCUT2D eigenvalue weighted by Crippen LogP contribution is -2.30. The number of benzene rings is 3. The maximum atomic E-state index is 13.2. The molecule has 35 heavy (non-hydrogen) atoms. The smallest absolute Gasteiger partial charge is 0.339 e. The van der Waals surface area contributed by atoms with Crippen molar-refractivity contribution in [1.82, 2.24) is 4.31 Å². The summed E-state index contributed by atoms with van der Waals surface area (Å²) >= 11 is 0. The van der Waals surface area contributed by atoms with E-state index in [1.165, 1.54) is 28.6 Å². The first-order chi connectivity index (χ1) is 16.7. The normalized spacial score (nSPS) is 12.3. The fraction of sp³-hybridized carbons (Fsp3) is 0.259. The van der Waals surface area contributed by atoms with Crippen LogP contribution in [0, 0.1) is 13.8 Å². The van der Waals surface area contributed by atoms with Crippen molar-refractivity contribution in [1.29, 1.82) is 0 Å². The van der Waals surface area contributed by atoms with Crippen LogP contribution in [-0.4, -0.2) is 37.7 Å². The summed E-state index contributed by atoms with van der Waals surface area (Å²) in [6.45, 7) is 8.02. The average Bonchev–Trinajstić information content (AvgIpc) is 2.85. The second kappa shape index (κ2) is 11.3. The largest absolute Gasteiger partial charge is 0.444 e. The third-order valence-corrected chi connectivity index (χ3v) is 7.71. The Bertz CT molecular complexity index is 1280. The molecule has 184 valence electrons. The molecule has 3 rings (SSSR count). The molecule has 8 heteroatoms. The Balaban J connectivity index is 1.85. The van der Waals surface area contributed by atoms with Gasteiger partial charge in [0.15, 0.2) is 0 Å². The Hall–Kier alpha value is -3.49. The highest BCUT2D eigenvalue weighted by Crippen LogP contribution is 2.24. The second-order valence-corrected chi connectivity index (χ2v) is 10.1. The summed E-state index contributed by atoms with van der Waals surface area (Å²) in [5, 5.41) is 2.86. The molecule has 0 aliphatic rings. The molecule has 0 saturated carbocycles. The topological polar surface area (TPSA) is 92.8 Å². The van der Waals surface area contributed by atoms with Crippen molar-refractivity contribution < 1.29 is 22.7 Å². The molecule has 3 aromatic carbocycles. The van der Waals surface area contributed by atoms with Gasteiger partial charge in [-0.15, -0.1) is 0 Å². The van der Waals surface area contributed by atoms with Gasteiger partial charge < -0.3 is 10.1 Å². The first-order valence-electron chi connectivity index (χ1n) is 11.4. The fourth-order valence-electron chi connectivity index (χ4n) is 3.62. The van der Waals surface area contributed by atoms with E-state index < -0.39 is 28.0 Å². The predicted octanol–water partition coefficient (Wildman–Crippen LogP) is 4.87. The summed E-state index contributed by atoms with van der Waals surface area (Å²) in [6, 6.07) is 20.0. The van der Waals surface area contributed by atoms with Crippen LogP contribution in [0.3, 0.4) is 0 Å². The first kappa shape index (κ1) is 26.1. The minimum atomic E-state index is -3.65. The van der Waals surface area contributed by atoms with E-state index in [9.17, 15) is 18.0 Å². The van der Waals surface area contributed by atoms with Crippen LogP contribution >= 0.6 is 0 Å². The van der Waals surface area contributed by atoms with Crippen LogP contribution in [0.5, 0.6) is 0 Å². The molecule has 0 aromatic heterocycles. The number of esters is 1. The van der Waals surface area contributed by atoms with Crippen LogP contribution in [0.1, 0.15) is 47.0 Å². The van der Waals surface area contributed by atoms with E-state index in [-0.39, 0.29) is 10.5 Å². The molecule has 0 bridgehead atoms. The van der Waals surface area contributed by atoms with E-state index in [0.29, 0.717) is 24.3 Å². The zero-order valence-electron chi connectivity index (χ0n) is 20.3. The summed E-state index contributed by atoms with van der Waals surface area (Å²) in [4.78, 5) is 26.2. The van der Waals surface area contributed by atoms with Crippen molar-refractivity contribution in [2.75, 3.05) is 18.4 Å². The lowest BCUT2D eigenvalue weighted by atomic mass is 10.1. The number of amides is 1. The molecular weight excluding hydrogens is 464 g/mol. The number of hydrogen-bond acceptors (Lipinski definition) is 5. The molecule has 1 N–H and O–H groups in total. The van der Waals surface area contributed by atoms with Gasteiger partial charge in [0.05, 0.1) is 10.5 Å². The first-order valence-corrected chi connectivity index (χ1v) is 12.9. The number of nitrogens with zero attached hydrogens (tertiary/aromatic N) is 1. The molecule has 0 fully saturated rings. The number of sulfonamides is 1. The Morgan fingerprint density at radius 3 is 2.14 bits per heavy atom. The van der Waals surface area contributed by atoms with E-state index in [4.69, 9.17) is 4.74 Å². The van der Waals surface area contributed by atoms with Crippen molar-refractivity contribution >= 4 is 27.6 Å². The van der Waals surface area contributed by atoms with Crippen molar-refractivity contribution in [2.24, 2.45) is 0 Å².